The number of likely N-dealkylation sites (tertiary alicyclic amines) is 1. The third kappa shape index (κ3) is 2.01. The average Bonchev–Trinajstić information content (AvgIpc) is 2.72. The van der Waals surface area contributed by atoms with Gasteiger partial charge in [0.1, 0.15) is 0 Å². The quantitative estimate of drug-likeness (QED) is 0.711. The molecule has 2 heterocycles. The Morgan fingerprint density at radius 1 is 1.50 bits per heavy atom. The maximum Gasteiger partial charge on any atom is 0.242 e. The van der Waals surface area contributed by atoms with Crippen molar-refractivity contribution in [2.75, 3.05) is 32.0 Å². The lowest BCUT2D eigenvalue weighted by atomic mass is 10.1. The van der Waals surface area contributed by atoms with Crippen molar-refractivity contribution in [2.45, 2.75) is 6.42 Å². The fourth-order valence-corrected chi connectivity index (χ4v) is 1.81. The maximum absolute atomic E-state index is 3.87. The maximum atomic E-state index is 3.87. The number of aryl methyl sites for hydroxylation is 1. The van der Waals surface area contributed by atoms with Crippen molar-refractivity contribution < 1.29 is 0 Å². The lowest BCUT2D eigenvalue weighted by Crippen LogP contribution is -2.20. The first-order chi connectivity index (χ1) is 6.75. The molecule has 0 radical (unpaired) electrons. The molecule has 0 aliphatic carbocycles. The van der Waals surface area contributed by atoms with E-state index in [0.717, 1.165) is 25.0 Å². The Morgan fingerprint density at radius 2 is 2.36 bits per heavy atom. The van der Waals surface area contributed by atoms with Crippen LogP contribution in [0.3, 0.4) is 0 Å². The summed E-state index contributed by atoms with van der Waals surface area (Å²) in [5.74, 6) is 1.47. The number of tetrazole rings is 1. The van der Waals surface area contributed by atoms with Crippen molar-refractivity contribution in [3.8, 4) is 0 Å². The molecule has 1 fully saturated rings. The van der Waals surface area contributed by atoms with Gasteiger partial charge in [-0.1, -0.05) is 5.10 Å². The average molecular weight is 196 g/mol. The lowest BCUT2D eigenvalue weighted by molar-refractivity contribution is 0.399. The zero-order chi connectivity index (χ0) is 9.97. The Kier molecular flexibility index (Phi) is 2.62. The van der Waals surface area contributed by atoms with Gasteiger partial charge in [-0.15, -0.1) is 0 Å². The number of anilines is 1. The highest BCUT2D eigenvalue weighted by atomic mass is 15.6. The minimum atomic E-state index is 0.719. The van der Waals surface area contributed by atoms with Crippen LogP contribution in [-0.4, -0.2) is 51.8 Å². The highest BCUT2D eigenvalue weighted by molar-refractivity contribution is 5.20. The predicted octanol–water partition coefficient (Wildman–Crippen LogP) is -0.426. The molecule has 1 aromatic heterocycles. The number of rotatable bonds is 3. The van der Waals surface area contributed by atoms with Gasteiger partial charge in [-0.25, -0.2) is 4.68 Å². The van der Waals surface area contributed by atoms with E-state index in [9.17, 15) is 0 Å². The summed E-state index contributed by atoms with van der Waals surface area (Å²) >= 11 is 0. The van der Waals surface area contributed by atoms with Crippen molar-refractivity contribution in [1.29, 1.82) is 0 Å². The summed E-state index contributed by atoms with van der Waals surface area (Å²) in [6.45, 7) is 3.32. The first kappa shape index (κ1) is 9.39. The van der Waals surface area contributed by atoms with E-state index in [1.807, 2.05) is 7.05 Å². The normalized spacial score (nSPS) is 22.9. The predicted molar refractivity (Wildman–Crippen MR) is 52.9 cm³/mol. The van der Waals surface area contributed by atoms with Gasteiger partial charge in [0.15, 0.2) is 0 Å². The third-order valence-corrected chi connectivity index (χ3v) is 2.66. The number of hydrogen-bond donors (Lipinski definition) is 1. The standard InChI is InChI=1S/C8H16N6/c1-13-4-3-7(6-13)5-9-8-10-11-12-14(8)2/h7H,3-6H2,1-2H3,(H,9,10,12). The van der Waals surface area contributed by atoms with E-state index >= 15 is 0 Å². The zero-order valence-electron chi connectivity index (χ0n) is 8.64. The second-order valence-corrected chi connectivity index (χ2v) is 3.92. The van der Waals surface area contributed by atoms with Crippen LogP contribution in [0.15, 0.2) is 0 Å². The molecule has 1 atom stereocenters. The second kappa shape index (κ2) is 3.91. The first-order valence-electron chi connectivity index (χ1n) is 4.90. The lowest BCUT2D eigenvalue weighted by Gasteiger charge is -2.10. The van der Waals surface area contributed by atoms with E-state index in [-0.39, 0.29) is 0 Å². The molecule has 1 aromatic rings. The van der Waals surface area contributed by atoms with Gasteiger partial charge in [0, 0.05) is 20.1 Å². The van der Waals surface area contributed by atoms with E-state index in [1.165, 1.54) is 13.0 Å². The van der Waals surface area contributed by atoms with Crippen molar-refractivity contribution in [1.82, 2.24) is 25.1 Å². The van der Waals surface area contributed by atoms with Crippen LogP contribution in [0.4, 0.5) is 5.95 Å². The highest BCUT2D eigenvalue weighted by Crippen LogP contribution is 2.14. The smallest absolute Gasteiger partial charge is 0.242 e. The molecule has 1 unspecified atom stereocenters. The van der Waals surface area contributed by atoms with Crippen LogP contribution in [-0.2, 0) is 7.05 Å². The third-order valence-electron chi connectivity index (χ3n) is 2.66. The molecule has 0 saturated carbocycles. The van der Waals surface area contributed by atoms with Crippen LogP contribution in [0.25, 0.3) is 0 Å². The molecule has 1 N–H and O–H groups in total. The summed E-state index contributed by atoms with van der Waals surface area (Å²) in [4.78, 5) is 2.35. The molecule has 0 spiro atoms. The molecule has 2 rings (SSSR count). The van der Waals surface area contributed by atoms with Gasteiger partial charge in [0.2, 0.25) is 5.95 Å². The van der Waals surface area contributed by atoms with Crippen LogP contribution >= 0.6 is 0 Å². The Balaban J connectivity index is 1.80. The van der Waals surface area contributed by atoms with Gasteiger partial charge in [0.25, 0.3) is 0 Å². The molecule has 14 heavy (non-hydrogen) atoms. The van der Waals surface area contributed by atoms with Gasteiger partial charge in [-0.2, -0.15) is 0 Å². The molecule has 1 saturated heterocycles. The molecule has 6 heteroatoms. The minimum absolute atomic E-state index is 0.719. The van der Waals surface area contributed by atoms with E-state index < -0.39 is 0 Å². The van der Waals surface area contributed by atoms with E-state index in [4.69, 9.17) is 0 Å². The van der Waals surface area contributed by atoms with Crippen LogP contribution in [0.5, 0.6) is 0 Å². The summed E-state index contributed by atoms with van der Waals surface area (Å²) in [6, 6.07) is 0. The van der Waals surface area contributed by atoms with Crippen LogP contribution in [0.1, 0.15) is 6.42 Å². The summed E-state index contributed by atoms with van der Waals surface area (Å²) in [7, 11) is 3.99. The Labute approximate surface area is 83.3 Å². The van der Waals surface area contributed by atoms with Crippen molar-refractivity contribution >= 4 is 5.95 Å². The van der Waals surface area contributed by atoms with Gasteiger partial charge in [-0.05, 0) is 36.4 Å². The zero-order valence-corrected chi connectivity index (χ0v) is 8.64. The summed E-state index contributed by atoms with van der Waals surface area (Å²) in [5, 5.41) is 14.5. The van der Waals surface area contributed by atoms with Gasteiger partial charge in [0.05, 0.1) is 0 Å². The minimum Gasteiger partial charge on any atom is -0.353 e. The second-order valence-electron chi connectivity index (χ2n) is 3.92. The number of hydrogen-bond acceptors (Lipinski definition) is 5. The molecular formula is C8H16N6. The fourth-order valence-electron chi connectivity index (χ4n) is 1.81. The fraction of sp³-hybridized carbons (Fsp3) is 0.875. The van der Waals surface area contributed by atoms with Crippen molar-refractivity contribution in [2.24, 2.45) is 13.0 Å². The first-order valence-corrected chi connectivity index (χ1v) is 4.90. The van der Waals surface area contributed by atoms with Gasteiger partial charge in [-0.3, -0.25) is 0 Å². The summed E-state index contributed by atoms with van der Waals surface area (Å²) in [6.07, 6.45) is 1.26. The Morgan fingerprint density at radius 3 is 2.93 bits per heavy atom. The molecular weight excluding hydrogens is 180 g/mol. The largest absolute Gasteiger partial charge is 0.353 e. The SMILES string of the molecule is CN1CCC(CNc2nnnn2C)C1. The Bertz CT molecular complexity index is 296. The summed E-state index contributed by atoms with van der Waals surface area (Å²) in [5.41, 5.74) is 0. The number of nitrogens with zero attached hydrogens (tertiary/aromatic N) is 5. The summed E-state index contributed by atoms with van der Waals surface area (Å²) < 4.78 is 1.65. The van der Waals surface area contributed by atoms with Crippen LogP contribution < -0.4 is 5.32 Å². The molecule has 78 valence electrons. The van der Waals surface area contributed by atoms with Crippen molar-refractivity contribution in [3.63, 3.8) is 0 Å². The Hall–Kier alpha value is -1.17. The van der Waals surface area contributed by atoms with Gasteiger partial charge < -0.3 is 10.2 Å². The van der Waals surface area contributed by atoms with E-state index in [2.05, 4.69) is 32.8 Å². The number of aromatic nitrogens is 4. The molecule has 1 aliphatic heterocycles. The van der Waals surface area contributed by atoms with Gasteiger partial charge >= 0.3 is 0 Å². The topological polar surface area (TPSA) is 58.9 Å². The molecule has 0 amide bonds. The number of nitrogens with one attached hydrogen (secondary N) is 1. The van der Waals surface area contributed by atoms with E-state index in [0.29, 0.717) is 0 Å². The monoisotopic (exact) mass is 196 g/mol. The molecule has 1 aliphatic rings. The molecule has 6 nitrogen and oxygen atoms in total. The highest BCUT2D eigenvalue weighted by Gasteiger charge is 2.19. The van der Waals surface area contributed by atoms with Crippen LogP contribution in [0, 0.1) is 5.92 Å². The van der Waals surface area contributed by atoms with Crippen molar-refractivity contribution in [3.05, 3.63) is 0 Å². The van der Waals surface area contributed by atoms with E-state index in [1.54, 1.807) is 4.68 Å². The molecule has 0 bridgehead atoms. The molecule has 0 aromatic carbocycles. The van der Waals surface area contributed by atoms with Crippen LogP contribution in [0.2, 0.25) is 0 Å².